The third kappa shape index (κ3) is 6.16. The summed E-state index contributed by atoms with van der Waals surface area (Å²) in [6.07, 6.45) is 1.26. The maximum Gasteiger partial charge on any atom is 0.0169 e. The number of hydrogen-bond donors (Lipinski definition) is 1. The highest BCUT2D eigenvalue weighted by atomic mass is 15.1. The largest absolute Gasteiger partial charge is 0.310 e. The van der Waals surface area contributed by atoms with Crippen LogP contribution >= 0.6 is 0 Å². The second-order valence-corrected chi connectivity index (χ2v) is 4.73. The van der Waals surface area contributed by atoms with E-state index < -0.39 is 0 Å². The first kappa shape index (κ1) is 14.9. The van der Waals surface area contributed by atoms with Gasteiger partial charge in [0.2, 0.25) is 0 Å². The third-order valence-corrected chi connectivity index (χ3v) is 3.47. The highest BCUT2D eigenvalue weighted by Gasteiger charge is 2.14. The molecule has 3 atom stereocenters. The molecule has 2 nitrogen and oxygen atoms in total. The van der Waals surface area contributed by atoms with Crippen LogP contribution in [0.1, 0.15) is 48.0 Å². The molecule has 1 N–H and O–H groups in total. The number of nitrogens with zero attached hydrogens (tertiary/aromatic N) is 1. The van der Waals surface area contributed by atoms with Gasteiger partial charge in [-0.25, -0.2) is 0 Å². The molecule has 15 heavy (non-hydrogen) atoms. The summed E-state index contributed by atoms with van der Waals surface area (Å²) in [5, 5.41) is 3.69. The average Bonchev–Trinajstić information content (AvgIpc) is 2.24. The topological polar surface area (TPSA) is 15.3 Å². The third-order valence-electron chi connectivity index (χ3n) is 3.47. The summed E-state index contributed by atoms with van der Waals surface area (Å²) >= 11 is 0. The summed E-state index contributed by atoms with van der Waals surface area (Å²) in [5.74, 6) is 0.768. The molecule has 0 aliphatic rings. The lowest BCUT2D eigenvalue weighted by Crippen LogP contribution is -2.45. The van der Waals surface area contributed by atoms with Gasteiger partial charge in [-0.3, -0.25) is 0 Å². The minimum absolute atomic E-state index is 0.592. The minimum atomic E-state index is 0.592. The average molecular weight is 214 g/mol. The second-order valence-electron chi connectivity index (χ2n) is 4.73. The van der Waals surface area contributed by atoms with E-state index in [1.807, 2.05) is 0 Å². The zero-order chi connectivity index (χ0) is 11.8. The molecule has 92 valence electrons. The second kappa shape index (κ2) is 8.12. The molecular formula is C13H30N2. The van der Waals surface area contributed by atoms with E-state index in [4.69, 9.17) is 0 Å². The van der Waals surface area contributed by atoms with Gasteiger partial charge in [0.15, 0.2) is 0 Å². The molecule has 0 saturated carbocycles. The van der Waals surface area contributed by atoms with E-state index in [0.29, 0.717) is 12.1 Å². The summed E-state index contributed by atoms with van der Waals surface area (Å²) in [4.78, 5) is 2.47. The highest BCUT2D eigenvalue weighted by molar-refractivity contribution is 4.74. The van der Waals surface area contributed by atoms with Crippen molar-refractivity contribution in [3.8, 4) is 0 Å². The minimum Gasteiger partial charge on any atom is -0.310 e. The molecule has 0 fully saturated rings. The molecule has 0 aromatic rings. The van der Waals surface area contributed by atoms with Gasteiger partial charge in [-0.2, -0.15) is 0 Å². The quantitative estimate of drug-likeness (QED) is 0.668. The molecule has 0 aliphatic carbocycles. The van der Waals surface area contributed by atoms with Crippen LogP contribution in [0.3, 0.4) is 0 Å². The molecule has 0 saturated heterocycles. The van der Waals surface area contributed by atoms with Gasteiger partial charge in [-0.1, -0.05) is 34.1 Å². The van der Waals surface area contributed by atoms with Crippen LogP contribution in [0.5, 0.6) is 0 Å². The molecular weight excluding hydrogens is 184 g/mol. The normalized spacial score (nSPS) is 17.8. The van der Waals surface area contributed by atoms with Crippen LogP contribution in [-0.4, -0.2) is 36.6 Å². The van der Waals surface area contributed by atoms with Gasteiger partial charge in [0.05, 0.1) is 0 Å². The number of rotatable bonds is 8. The van der Waals surface area contributed by atoms with Crippen molar-refractivity contribution in [2.75, 3.05) is 19.6 Å². The zero-order valence-electron chi connectivity index (χ0n) is 11.5. The fourth-order valence-electron chi connectivity index (χ4n) is 1.89. The van der Waals surface area contributed by atoms with Crippen LogP contribution in [0.15, 0.2) is 0 Å². The molecule has 0 aromatic heterocycles. The SMILES string of the molecule is CCC(C)C(C)NC(C)CN(CC)CC. The maximum atomic E-state index is 3.69. The fourth-order valence-corrected chi connectivity index (χ4v) is 1.89. The number of likely N-dealkylation sites (N-methyl/N-ethyl adjacent to an activating group) is 1. The number of nitrogens with one attached hydrogen (secondary N) is 1. The van der Waals surface area contributed by atoms with Crippen LogP contribution in [0.2, 0.25) is 0 Å². The molecule has 0 spiro atoms. The van der Waals surface area contributed by atoms with Crippen molar-refractivity contribution in [1.29, 1.82) is 0 Å². The van der Waals surface area contributed by atoms with Gasteiger partial charge >= 0.3 is 0 Å². The molecule has 0 heterocycles. The van der Waals surface area contributed by atoms with E-state index >= 15 is 0 Å². The van der Waals surface area contributed by atoms with E-state index in [2.05, 4.69) is 51.8 Å². The summed E-state index contributed by atoms with van der Waals surface area (Å²) in [5.41, 5.74) is 0. The van der Waals surface area contributed by atoms with Gasteiger partial charge in [0.25, 0.3) is 0 Å². The smallest absolute Gasteiger partial charge is 0.0169 e. The molecule has 0 aromatic carbocycles. The molecule has 0 radical (unpaired) electrons. The van der Waals surface area contributed by atoms with Crippen molar-refractivity contribution < 1.29 is 0 Å². The van der Waals surface area contributed by atoms with Gasteiger partial charge in [-0.05, 0) is 32.9 Å². The van der Waals surface area contributed by atoms with Crippen LogP contribution < -0.4 is 5.32 Å². The highest BCUT2D eigenvalue weighted by Crippen LogP contribution is 2.07. The maximum absolute atomic E-state index is 3.69. The van der Waals surface area contributed by atoms with Gasteiger partial charge in [-0.15, -0.1) is 0 Å². The van der Waals surface area contributed by atoms with Crippen LogP contribution in [0.25, 0.3) is 0 Å². The van der Waals surface area contributed by atoms with E-state index in [-0.39, 0.29) is 0 Å². The van der Waals surface area contributed by atoms with Crippen molar-refractivity contribution in [3.63, 3.8) is 0 Å². The molecule has 3 unspecified atom stereocenters. The van der Waals surface area contributed by atoms with Gasteiger partial charge in [0.1, 0.15) is 0 Å². The molecule has 0 amide bonds. The molecule has 0 rings (SSSR count). The Kier molecular flexibility index (Phi) is 8.07. The molecule has 0 aliphatic heterocycles. The Bertz CT molecular complexity index is 143. The Morgan fingerprint density at radius 1 is 1.00 bits per heavy atom. The van der Waals surface area contributed by atoms with Crippen molar-refractivity contribution in [3.05, 3.63) is 0 Å². The lowest BCUT2D eigenvalue weighted by Gasteiger charge is -2.28. The Balaban J connectivity index is 3.86. The first-order chi connectivity index (χ1) is 7.04. The standard InChI is InChI=1S/C13H30N2/c1-7-11(4)13(6)14-12(5)10-15(8-2)9-3/h11-14H,7-10H2,1-6H3. The molecule has 0 bridgehead atoms. The van der Waals surface area contributed by atoms with E-state index in [1.165, 1.54) is 6.42 Å². The summed E-state index contributed by atoms with van der Waals surface area (Å²) < 4.78 is 0. The molecule has 2 heteroatoms. The van der Waals surface area contributed by atoms with Crippen molar-refractivity contribution in [2.45, 2.75) is 60.0 Å². The van der Waals surface area contributed by atoms with Crippen LogP contribution in [0.4, 0.5) is 0 Å². The lowest BCUT2D eigenvalue weighted by atomic mass is 10.0. The predicted octanol–water partition coefficient (Wildman–Crippen LogP) is 2.74. The lowest BCUT2D eigenvalue weighted by molar-refractivity contribution is 0.250. The van der Waals surface area contributed by atoms with Gasteiger partial charge in [0, 0.05) is 18.6 Å². The first-order valence-electron chi connectivity index (χ1n) is 6.53. The summed E-state index contributed by atoms with van der Waals surface area (Å²) in [7, 11) is 0. The van der Waals surface area contributed by atoms with E-state index in [0.717, 1.165) is 25.6 Å². The predicted molar refractivity (Wildman–Crippen MR) is 69.3 cm³/mol. The Hall–Kier alpha value is -0.0800. The summed E-state index contributed by atoms with van der Waals surface area (Å²) in [6, 6.07) is 1.22. The van der Waals surface area contributed by atoms with Crippen molar-refractivity contribution >= 4 is 0 Å². The van der Waals surface area contributed by atoms with E-state index in [9.17, 15) is 0 Å². The van der Waals surface area contributed by atoms with Crippen LogP contribution in [0, 0.1) is 5.92 Å². The summed E-state index contributed by atoms with van der Waals surface area (Å²) in [6.45, 7) is 17.1. The monoisotopic (exact) mass is 214 g/mol. The fraction of sp³-hybridized carbons (Fsp3) is 1.00. The van der Waals surface area contributed by atoms with E-state index in [1.54, 1.807) is 0 Å². The van der Waals surface area contributed by atoms with Gasteiger partial charge < -0.3 is 10.2 Å². The van der Waals surface area contributed by atoms with Crippen molar-refractivity contribution in [2.24, 2.45) is 5.92 Å². The Labute approximate surface area is 96.4 Å². The van der Waals surface area contributed by atoms with Crippen LogP contribution in [-0.2, 0) is 0 Å². The van der Waals surface area contributed by atoms with Crippen molar-refractivity contribution in [1.82, 2.24) is 10.2 Å². The zero-order valence-corrected chi connectivity index (χ0v) is 11.5. The Morgan fingerprint density at radius 2 is 1.53 bits per heavy atom. The Morgan fingerprint density at radius 3 is 1.93 bits per heavy atom. The first-order valence-corrected chi connectivity index (χ1v) is 6.53. The number of hydrogen-bond acceptors (Lipinski definition) is 2.